The number of ether oxygens (including phenoxy) is 1. The van der Waals surface area contributed by atoms with Crippen molar-refractivity contribution >= 4 is 23.0 Å². The highest BCUT2D eigenvalue weighted by Gasteiger charge is 2.05. The standard InChI is InChI=1S/C18H22N2OS/c1-3-15-9-11-16(12-10-15)20-18(22)19-14(2)13-21-17-7-5-4-6-8-17/h4-12,14H,3,13H2,1-2H3,(H2,19,20,22). The van der Waals surface area contributed by atoms with Crippen molar-refractivity contribution in [1.82, 2.24) is 5.32 Å². The van der Waals surface area contributed by atoms with Gasteiger partial charge in [-0.3, -0.25) is 0 Å². The molecule has 2 rings (SSSR count). The summed E-state index contributed by atoms with van der Waals surface area (Å²) < 4.78 is 5.70. The Hall–Kier alpha value is -2.07. The van der Waals surface area contributed by atoms with Crippen LogP contribution in [-0.2, 0) is 6.42 Å². The maximum absolute atomic E-state index is 5.70. The minimum atomic E-state index is 0.120. The van der Waals surface area contributed by atoms with E-state index in [2.05, 4.69) is 29.7 Å². The molecule has 0 heterocycles. The van der Waals surface area contributed by atoms with Crippen molar-refractivity contribution in [3.8, 4) is 5.75 Å². The van der Waals surface area contributed by atoms with Gasteiger partial charge in [-0.15, -0.1) is 0 Å². The molecule has 4 heteroatoms. The van der Waals surface area contributed by atoms with Crippen LogP contribution >= 0.6 is 12.2 Å². The van der Waals surface area contributed by atoms with E-state index in [1.54, 1.807) is 0 Å². The van der Waals surface area contributed by atoms with Gasteiger partial charge in [-0.05, 0) is 55.4 Å². The highest BCUT2D eigenvalue weighted by atomic mass is 32.1. The lowest BCUT2D eigenvalue weighted by Gasteiger charge is -2.17. The number of anilines is 1. The van der Waals surface area contributed by atoms with Crippen molar-refractivity contribution in [1.29, 1.82) is 0 Å². The number of aryl methyl sites for hydroxylation is 1. The lowest BCUT2D eigenvalue weighted by molar-refractivity contribution is 0.287. The van der Waals surface area contributed by atoms with Crippen LogP contribution in [0.15, 0.2) is 54.6 Å². The summed E-state index contributed by atoms with van der Waals surface area (Å²) in [5, 5.41) is 7.01. The molecule has 0 fully saturated rings. The molecule has 1 atom stereocenters. The number of hydrogen-bond acceptors (Lipinski definition) is 2. The van der Waals surface area contributed by atoms with Crippen molar-refractivity contribution in [3.63, 3.8) is 0 Å². The third-order valence-electron chi connectivity index (χ3n) is 3.24. The van der Waals surface area contributed by atoms with Crippen LogP contribution in [0.3, 0.4) is 0 Å². The van der Waals surface area contributed by atoms with Gasteiger partial charge in [-0.25, -0.2) is 0 Å². The second-order valence-electron chi connectivity index (χ2n) is 5.17. The molecule has 1 unspecified atom stereocenters. The number of nitrogens with one attached hydrogen (secondary N) is 2. The molecule has 22 heavy (non-hydrogen) atoms. The molecule has 0 aliphatic heterocycles. The Labute approximate surface area is 137 Å². The molecule has 2 N–H and O–H groups in total. The van der Waals surface area contributed by atoms with Gasteiger partial charge in [0.2, 0.25) is 0 Å². The fourth-order valence-electron chi connectivity index (χ4n) is 1.99. The average molecular weight is 314 g/mol. The summed E-state index contributed by atoms with van der Waals surface area (Å²) in [4.78, 5) is 0. The minimum Gasteiger partial charge on any atom is -0.491 e. The molecule has 0 radical (unpaired) electrons. The Morgan fingerprint density at radius 1 is 1.09 bits per heavy atom. The quantitative estimate of drug-likeness (QED) is 0.790. The highest BCUT2D eigenvalue weighted by molar-refractivity contribution is 7.80. The molecule has 2 aromatic carbocycles. The van der Waals surface area contributed by atoms with Crippen LogP contribution in [0.4, 0.5) is 5.69 Å². The number of hydrogen-bond donors (Lipinski definition) is 2. The van der Waals surface area contributed by atoms with Crippen molar-refractivity contribution in [2.24, 2.45) is 0 Å². The maximum Gasteiger partial charge on any atom is 0.171 e. The molecule has 3 nitrogen and oxygen atoms in total. The van der Waals surface area contributed by atoms with E-state index in [-0.39, 0.29) is 6.04 Å². The zero-order chi connectivity index (χ0) is 15.8. The molecule has 0 spiro atoms. The average Bonchev–Trinajstić information content (AvgIpc) is 2.54. The summed E-state index contributed by atoms with van der Waals surface area (Å²) in [6, 6.07) is 18.2. The van der Waals surface area contributed by atoms with Crippen LogP contribution in [-0.4, -0.2) is 17.8 Å². The van der Waals surface area contributed by atoms with E-state index in [4.69, 9.17) is 17.0 Å². The minimum absolute atomic E-state index is 0.120. The Balaban J connectivity index is 1.75. The normalized spacial score (nSPS) is 11.5. The first-order chi connectivity index (χ1) is 10.7. The van der Waals surface area contributed by atoms with E-state index in [0.717, 1.165) is 17.9 Å². The van der Waals surface area contributed by atoms with Gasteiger partial charge in [-0.2, -0.15) is 0 Å². The fraction of sp³-hybridized carbons (Fsp3) is 0.278. The van der Waals surface area contributed by atoms with Crippen molar-refractivity contribution in [2.75, 3.05) is 11.9 Å². The van der Waals surface area contributed by atoms with Crippen LogP contribution in [0.1, 0.15) is 19.4 Å². The molecule has 0 amide bonds. The van der Waals surface area contributed by atoms with Gasteiger partial charge >= 0.3 is 0 Å². The predicted molar refractivity (Wildman–Crippen MR) is 96.6 cm³/mol. The first-order valence-electron chi connectivity index (χ1n) is 7.51. The third kappa shape index (κ3) is 5.37. The molecule has 0 aliphatic carbocycles. The van der Waals surface area contributed by atoms with Crippen LogP contribution < -0.4 is 15.4 Å². The topological polar surface area (TPSA) is 33.3 Å². The van der Waals surface area contributed by atoms with Gasteiger partial charge < -0.3 is 15.4 Å². The van der Waals surface area contributed by atoms with Gasteiger partial charge in [-0.1, -0.05) is 37.3 Å². The highest BCUT2D eigenvalue weighted by Crippen LogP contribution is 2.10. The Bertz CT molecular complexity index is 584. The van der Waals surface area contributed by atoms with Crippen LogP contribution in [0.25, 0.3) is 0 Å². The summed E-state index contributed by atoms with van der Waals surface area (Å²) >= 11 is 5.33. The molecule has 0 aliphatic rings. The molecular weight excluding hydrogens is 292 g/mol. The van der Waals surface area contributed by atoms with E-state index < -0.39 is 0 Å². The predicted octanol–water partition coefficient (Wildman–Crippen LogP) is 4.00. The van der Waals surface area contributed by atoms with Gasteiger partial charge in [0.15, 0.2) is 5.11 Å². The van der Waals surface area contributed by atoms with Crippen molar-refractivity contribution < 1.29 is 4.74 Å². The SMILES string of the molecule is CCc1ccc(NC(=S)NC(C)COc2ccccc2)cc1. The largest absolute Gasteiger partial charge is 0.491 e. The summed E-state index contributed by atoms with van der Waals surface area (Å²) in [5.74, 6) is 0.866. The Morgan fingerprint density at radius 3 is 2.41 bits per heavy atom. The molecule has 2 aromatic rings. The molecule has 0 bridgehead atoms. The second kappa shape index (κ2) is 8.39. The van der Waals surface area contributed by atoms with Crippen LogP contribution in [0, 0.1) is 0 Å². The summed E-state index contributed by atoms with van der Waals surface area (Å²) in [7, 11) is 0. The molecule has 0 aromatic heterocycles. The number of rotatable bonds is 6. The number of thiocarbonyl (C=S) groups is 1. The van der Waals surface area contributed by atoms with Crippen molar-refractivity contribution in [2.45, 2.75) is 26.3 Å². The van der Waals surface area contributed by atoms with E-state index >= 15 is 0 Å². The van der Waals surface area contributed by atoms with Gasteiger partial charge in [0.05, 0.1) is 6.04 Å². The summed E-state index contributed by atoms with van der Waals surface area (Å²) in [6.45, 7) is 4.74. The third-order valence-corrected chi connectivity index (χ3v) is 3.46. The van der Waals surface area contributed by atoms with E-state index in [1.165, 1.54) is 5.56 Å². The Kier molecular flexibility index (Phi) is 6.22. The zero-order valence-corrected chi connectivity index (χ0v) is 13.8. The number of benzene rings is 2. The Morgan fingerprint density at radius 2 is 1.77 bits per heavy atom. The first-order valence-corrected chi connectivity index (χ1v) is 7.92. The number of para-hydroxylation sites is 1. The van der Waals surface area contributed by atoms with Gasteiger partial charge in [0.1, 0.15) is 12.4 Å². The lowest BCUT2D eigenvalue weighted by Crippen LogP contribution is -2.39. The molecule has 116 valence electrons. The molecule has 0 saturated carbocycles. The van der Waals surface area contributed by atoms with Crippen LogP contribution in [0.5, 0.6) is 5.75 Å². The molecular formula is C18H22N2OS. The second-order valence-corrected chi connectivity index (χ2v) is 5.58. The first kappa shape index (κ1) is 16.3. The van der Waals surface area contributed by atoms with E-state index in [0.29, 0.717) is 11.7 Å². The maximum atomic E-state index is 5.70. The van der Waals surface area contributed by atoms with Crippen LogP contribution in [0.2, 0.25) is 0 Å². The fourth-order valence-corrected chi connectivity index (χ4v) is 2.31. The summed E-state index contributed by atoms with van der Waals surface area (Å²) in [5.41, 5.74) is 2.31. The summed E-state index contributed by atoms with van der Waals surface area (Å²) in [6.07, 6.45) is 1.04. The van der Waals surface area contributed by atoms with E-state index in [9.17, 15) is 0 Å². The van der Waals surface area contributed by atoms with Gasteiger partial charge in [0.25, 0.3) is 0 Å². The smallest absolute Gasteiger partial charge is 0.171 e. The molecule has 0 saturated heterocycles. The van der Waals surface area contributed by atoms with Gasteiger partial charge in [0, 0.05) is 5.69 Å². The van der Waals surface area contributed by atoms with E-state index in [1.807, 2.05) is 49.4 Å². The zero-order valence-electron chi connectivity index (χ0n) is 13.0. The van der Waals surface area contributed by atoms with Crippen molar-refractivity contribution in [3.05, 3.63) is 60.2 Å². The lowest BCUT2D eigenvalue weighted by atomic mass is 10.1. The monoisotopic (exact) mass is 314 g/mol.